The van der Waals surface area contributed by atoms with Crippen LogP contribution in [-0.4, -0.2) is 40.0 Å². The highest BCUT2D eigenvalue weighted by atomic mass is 28.4. The number of epoxide rings is 2. The van der Waals surface area contributed by atoms with Gasteiger partial charge in [0.25, 0.3) is 0 Å². The number of rotatable bonds is 8. The Hall–Kier alpha value is 0.314. The van der Waals surface area contributed by atoms with Gasteiger partial charge in [0.2, 0.25) is 0 Å². The van der Waals surface area contributed by atoms with Gasteiger partial charge in [0.15, 0.2) is 16.6 Å². The van der Waals surface area contributed by atoms with Crippen LogP contribution >= 0.6 is 0 Å². The van der Waals surface area contributed by atoms with Crippen LogP contribution in [0.25, 0.3) is 0 Å². The van der Waals surface area contributed by atoms with E-state index in [2.05, 4.69) is 53.9 Å². The monoisotopic (exact) mass is 438 g/mol. The number of fused-ring (bicyclic) bond motifs is 2. The minimum absolute atomic E-state index is 0.243. The van der Waals surface area contributed by atoms with Crippen LogP contribution in [0, 0.1) is 23.7 Å². The summed E-state index contributed by atoms with van der Waals surface area (Å²) >= 11 is 0. The minimum atomic E-state index is -1.65. The molecule has 0 spiro atoms. The lowest BCUT2D eigenvalue weighted by molar-refractivity contribution is 0.267. The first kappa shape index (κ1) is 22.5. The van der Waals surface area contributed by atoms with E-state index in [4.69, 9.17) is 13.6 Å². The smallest absolute Gasteiger partial charge is 0.173 e. The molecule has 2 saturated heterocycles. The number of hydrogen-bond acceptors (Lipinski definition) is 3. The predicted molar refractivity (Wildman–Crippen MR) is 125 cm³/mol. The lowest BCUT2D eigenvalue weighted by Crippen LogP contribution is -2.47. The Balaban J connectivity index is 1.26. The first-order chi connectivity index (χ1) is 13.3. The molecule has 0 aromatic heterocycles. The van der Waals surface area contributed by atoms with Gasteiger partial charge in [0, 0.05) is 0 Å². The highest BCUT2D eigenvalue weighted by Gasteiger charge is 2.57. The zero-order valence-electron chi connectivity index (χ0n) is 20.3. The predicted octanol–water partition coefficient (Wildman–Crippen LogP) is 6.60. The fraction of sp³-hybridized carbons (Fsp3) is 1.00. The third-order valence-corrected chi connectivity index (χ3v) is 16.6. The van der Waals surface area contributed by atoms with Crippen molar-refractivity contribution in [3.8, 4) is 0 Å². The standard InChI is InChI=1S/C24H46O3Si2/c1-17(19-9-11-23(3)21(13-19)25-23)15-28(5,6)27-29(7,8)16-18(2)20-10-12-24(4)22(14-20)26-24/h17-22H,9-16H2,1-8H3/t17?,18?,19-,20?,21?,22?,23?,24?/m0/s1. The lowest BCUT2D eigenvalue weighted by atomic mass is 9.77. The molecule has 3 nitrogen and oxygen atoms in total. The average molecular weight is 439 g/mol. The van der Waals surface area contributed by atoms with E-state index in [0.29, 0.717) is 12.2 Å². The molecule has 2 heterocycles. The summed E-state index contributed by atoms with van der Waals surface area (Å²) in [6.07, 6.45) is 8.88. The van der Waals surface area contributed by atoms with Gasteiger partial charge in [-0.3, -0.25) is 0 Å². The van der Waals surface area contributed by atoms with Crippen LogP contribution in [0.1, 0.15) is 66.2 Å². The molecule has 168 valence electrons. The third-order valence-electron chi connectivity index (χ3n) is 8.92. The Labute approximate surface area is 181 Å². The van der Waals surface area contributed by atoms with Crippen molar-refractivity contribution in [3.05, 3.63) is 0 Å². The van der Waals surface area contributed by atoms with E-state index >= 15 is 0 Å². The largest absolute Gasteiger partial charge is 0.455 e. The van der Waals surface area contributed by atoms with Crippen molar-refractivity contribution in [1.82, 2.24) is 0 Å². The van der Waals surface area contributed by atoms with E-state index in [1.165, 1.54) is 50.6 Å². The molecule has 2 aliphatic carbocycles. The van der Waals surface area contributed by atoms with Crippen molar-refractivity contribution >= 4 is 16.6 Å². The van der Waals surface area contributed by atoms with Crippen LogP contribution in [0.4, 0.5) is 0 Å². The summed E-state index contributed by atoms with van der Waals surface area (Å²) in [5, 5.41) is 0. The van der Waals surface area contributed by atoms with E-state index < -0.39 is 16.6 Å². The summed E-state index contributed by atoms with van der Waals surface area (Å²) in [6.45, 7) is 19.5. The Morgan fingerprint density at radius 3 is 1.52 bits per heavy atom. The molecule has 4 aliphatic rings. The van der Waals surface area contributed by atoms with E-state index in [9.17, 15) is 0 Å². The molecule has 7 unspecified atom stereocenters. The average Bonchev–Trinajstić information content (AvgIpc) is 3.43. The molecule has 8 atom stereocenters. The van der Waals surface area contributed by atoms with Crippen LogP contribution in [-0.2, 0) is 13.6 Å². The van der Waals surface area contributed by atoms with Crippen molar-refractivity contribution < 1.29 is 13.6 Å². The van der Waals surface area contributed by atoms with Crippen LogP contribution in [0.5, 0.6) is 0 Å². The second-order valence-corrected chi connectivity index (χ2v) is 21.6. The maximum atomic E-state index is 7.08. The summed E-state index contributed by atoms with van der Waals surface area (Å²) < 4.78 is 19.0. The zero-order chi connectivity index (χ0) is 21.2. The SMILES string of the molecule is CC(C[Si](C)(C)O[Si](C)(C)CC(C)[C@H]1CCC2(C)OC2C1)C1CCC2(C)OC2C1. The van der Waals surface area contributed by atoms with Gasteiger partial charge >= 0.3 is 0 Å². The molecule has 2 saturated carbocycles. The molecule has 0 aromatic rings. The van der Waals surface area contributed by atoms with Crippen molar-refractivity contribution in [2.75, 3.05) is 0 Å². The van der Waals surface area contributed by atoms with Crippen molar-refractivity contribution in [1.29, 1.82) is 0 Å². The van der Waals surface area contributed by atoms with Gasteiger partial charge in [-0.2, -0.15) is 0 Å². The van der Waals surface area contributed by atoms with Gasteiger partial charge in [0.1, 0.15) is 0 Å². The summed E-state index contributed by atoms with van der Waals surface area (Å²) in [5.41, 5.74) is 0.486. The first-order valence-electron chi connectivity index (χ1n) is 12.4. The maximum absolute atomic E-state index is 7.08. The molecule has 5 heteroatoms. The molecule has 0 aromatic carbocycles. The van der Waals surface area contributed by atoms with Crippen molar-refractivity contribution in [3.63, 3.8) is 0 Å². The molecular weight excluding hydrogens is 392 g/mol. The maximum Gasteiger partial charge on any atom is 0.173 e. The van der Waals surface area contributed by atoms with Crippen LogP contribution < -0.4 is 0 Å². The Kier molecular flexibility index (Phi) is 5.77. The molecular formula is C24H46O3Si2. The summed E-state index contributed by atoms with van der Waals surface area (Å²) in [6, 6.07) is 2.62. The van der Waals surface area contributed by atoms with Crippen LogP contribution in [0.15, 0.2) is 0 Å². The fourth-order valence-electron chi connectivity index (χ4n) is 7.10. The second kappa shape index (κ2) is 7.43. The van der Waals surface area contributed by atoms with Crippen LogP contribution in [0.2, 0.25) is 38.3 Å². The Morgan fingerprint density at radius 2 is 1.17 bits per heavy atom. The van der Waals surface area contributed by atoms with Gasteiger partial charge in [-0.15, -0.1) is 0 Å². The zero-order valence-corrected chi connectivity index (χ0v) is 22.3. The summed E-state index contributed by atoms with van der Waals surface area (Å²) in [4.78, 5) is 0. The van der Waals surface area contributed by atoms with Crippen molar-refractivity contribution in [2.45, 2.75) is 128 Å². The van der Waals surface area contributed by atoms with E-state index in [0.717, 1.165) is 23.7 Å². The molecule has 4 rings (SSSR count). The van der Waals surface area contributed by atoms with Crippen molar-refractivity contribution in [2.24, 2.45) is 23.7 Å². The molecule has 0 N–H and O–H groups in total. The highest BCUT2D eigenvalue weighted by Crippen LogP contribution is 2.52. The summed E-state index contributed by atoms with van der Waals surface area (Å²) in [7, 11) is -3.30. The lowest BCUT2D eigenvalue weighted by Gasteiger charge is -2.40. The van der Waals surface area contributed by atoms with Gasteiger partial charge < -0.3 is 13.6 Å². The molecule has 29 heavy (non-hydrogen) atoms. The molecule has 4 fully saturated rings. The topological polar surface area (TPSA) is 34.3 Å². The normalized spacial score (nSPS) is 43.9. The molecule has 0 radical (unpaired) electrons. The quantitative estimate of drug-likeness (QED) is 0.316. The van der Waals surface area contributed by atoms with E-state index in [1.54, 1.807) is 0 Å². The summed E-state index contributed by atoms with van der Waals surface area (Å²) in [5.74, 6) is 3.22. The third kappa shape index (κ3) is 5.05. The number of ether oxygens (including phenoxy) is 2. The number of hydrogen-bond donors (Lipinski definition) is 0. The Bertz CT molecular complexity index is 571. The fourth-order valence-corrected chi connectivity index (χ4v) is 17.5. The minimum Gasteiger partial charge on any atom is -0.455 e. The van der Waals surface area contributed by atoms with Gasteiger partial charge in [-0.25, -0.2) is 0 Å². The van der Waals surface area contributed by atoms with Gasteiger partial charge in [0.05, 0.1) is 23.4 Å². The second-order valence-electron chi connectivity index (χ2n) is 12.9. The van der Waals surface area contributed by atoms with E-state index in [-0.39, 0.29) is 11.2 Å². The van der Waals surface area contributed by atoms with E-state index in [1.807, 2.05) is 0 Å². The van der Waals surface area contributed by atoms with Gasteiger partial charge in [-0.05, 0) is 114 Å². The van der Waals surface area contributed by atoms with Gasteiger partial charge in [-0.1, -0.05) is 13.8 Å². The molecule has 0 bridgehead atoms. The Morgan fingerprint density at radius 1 is 0.793 bits per heavy atom. The molecule has 0 amide bonds. The first-order valence-corrected chi connectivity index (χ1v) is 18.6. The highest BCUT2D eigenvalue weighted by molar-refractivity contribution is 6.84. The molecule has 2 aliphatic heterocycles. The van der Waals surface area contributed by atoms with Crippen LogP contribution in [0.3, 0.4) is 0 Å².